The molecule has 20 heavy (non-hydrogen) atoms. The third-order valence-corrected chi connectivity index (χ3v) is 2.78. The number of carbonyl (C=O) groups excluding carboxylic acids is 1. The van der Waals surface area contributed by atoms with Crippen LogP contribution in [0, 0.1) is 0 Å². The molecular formula is C14H24N4O2. The fourth-order valence-electron chi connectivity index (χ4n) is 1.60. The zero-order valence-electron chi connectivity index (χ0n) is 12.9. The van der Waals surface area contributed by atoms with E-state index in [4.69, 9.17) is 4.74 Å². The molecule has 0 aliphatic heterocycles. The lowest BCUT2D eigenvalue weighted by molar-refractivity contribution is 0.165. The molecular weight excluding hydrogens is 256 g/mol. The van der Waals surface area contributed by atoms with Gasteiger partial charge in [0.25, 0.3) is 0 Å². The molecule has 2 N–H and O–H groups in total. The lowest BCUT2D eigenvalue weighted by Gasteiger charge is -2.18. The monoisotopic (exact) mass is 280 g/mol. The zero-order chi connectivity index (χ0) is 15.2. The summed E-state index contributed by atoms with van der Waals surface area (Å²) in [5, 5.41) is 5.54. The van der Waals surface area contributed by atoms with Crippen LogP contribution in [0.5, 0.6) is 0 Å². The van der Waals surface area contributed by atoms with Crippen LogP contribution < -0.4 is 10.6 Å². The first-order chi connectivity index (χ1) is 9.36. The first kappa shape index (κ1) is 16.4. The van der Waals surface area contributed by atoms with Crippen LogP contribution in [0.15, 0.2) is 12.4 Å². The second-order valence-corrected chi connectivity index (χ2v) is 5.70. The molecule has 2 amide bonds. The maximum atomic E-state index is 11.8. The van der Waals surface area contributed by atoms with Crippen molar-refractivity contribution in [2.24, 2.45) is 0 Å². The molecule has 0 radical (unpaired) electrons. The highest BCUT2D eigenvalue weighted by atomic mass is 16.5. The molecule has 0 fully saturated rings. The third-order valence-electron chi connectivity index (χ3n) is 2.78. The average Bonchev–Trinajstić information content (AvgIpc) is 2.37. The van der Waals surface area contributed by atoms with Gasteiger partial charge in [0.05, 0.1) is 30.7 Å². The number of rotatable bonds is 5. The highest BCUT2D eigenvalue weighted by molar-refractivity contribution is 5.89. The molecule has 0 saturated carbocycles. The lowest BCUT2D eigenvalue weighted by atomic mass is 9.96. The van der Waals surface area contributed by atoms with Crippen LogP contribution in [0.4, 0.5) is 10.5 Å². The van der Waals surface area contributed by atoms with Crippen molar-refractivity contribution >= 4 is 11.7 Å². The Morgan fingerprint density at radius 2 is 1.95 bits per heavy atom. The van der Waals surface area contributed by atoms with E-state index in [1.54, 1.807) is 19.5 Å². The Balaban J connectivity index is 2.58. The Morgan fingerprint density at radius 1 is 1.35 bits per heavy atom. The molecule has 1 aromatic rings. The molecule has 0 bridgehead atoms. The van der Waals surface area contributed by atoms with Gasteiger partial charge in [0, 0.05) is 12.5 Å². The van der Waals surface area contributed by atoms with Crippen LogP contribution in [0.1, 0.15) is 39.9 Å². The van der Waals surface area contributed by atoms with Crippen molar-refractivity contribution in [3.63, 3.8) is 0 Å². The lowest BCUT2D eigenvalue weighted by Crippen LogP contribution is -2.40. The number of nitrogens with zero attached hydrogens (tertiary/aromatic N) is 2. The van der Waals surface area contributed by atoms with E-state index in [2.05, 4.69) is 20.6 Å². The summed E-state index contributed by atoms with van der Waals surface area (Å²) in [5.74, 6) is 0.745. The predicted octanol–water partition coefficient (Wildman–Crippen LogP) is 2.32. The van der Waals surface area contributed by atoms with Crippen LogP contribution >= 0.6 is 0 Å². The fourth-order valence-corrected chi connectivity index (χ4v) is 1.60. The van der Waals surface area contributed by atoms with Crippen LogP contribution in [0.2, 0.25) is 0 Å². The molecule has 0 saturated heterocycles. The number of urea groups is 1. The Bertz CT molecular complexity index is 426. The highest BCUT2D eigenvalue weighted by Crippen LogP contribution is 2.18. The van der Waals surface area contributed by atoms with E-state index < -0.39 is 0 Å². The van der Waals surface area contributed by atoms with Crippen molar-refractivity contribution in [1.29, 1.82) is 0 Å². The topological polar surface area (TPSA) is 76.1 Å². The Morgan fingerprint density at radius 3 is 2.40 bits per heavy atom. The molecule has 0 aliphatic rings. The maximum Gasteiger partial charge on any atom is 0.319 e. The second kappa shape index (κ2) is 7.19. The minimum absolute atomic E-state index is 0.00485. The SMILES string of the molecule is CC[C@H](COC)NC(=O)Nc1cnc(C(C)(C)C)nc1. The number of amides is 2. The number of methoxy groups -OCH3 is 1. The van der Waals surface area contributed by atoms with Crippen molar-refractivity contribution in [3.8, 4) is 0 Å². The number of ether oxygens (including phenoxy) is 1. The van der Waals surface area contributed by atoms with Gasteiger partial charge in [-0.3, -0.25) is 0 Å². The van der Waals surface area contributed by atoms with Gasteiger partial charge in [-0.2, -0.15) is 0 Å². The van der Waals surface area contributed by atoms with E-state index in [0.717, 1.165) is 12.2 Å². The van der Waals surface area contributed by atoms with Crippen LogP contribution in [0.3, 0.4) is 0 Å². The predicted molar refractivity (Wildman–Crippen MR) is 78.8 cm³/mol. The van der Waals surface area contributed by atoms with Gasteiger partial charge < -0.3 is 15.4 Å². The molecule has 0 spiro atoms. The molecule has 1 heterocycles. The summed E-state index contributed by atoms with van der Waals surface area (Å²) >= 11 is 0. The van der Waals surface area contributed by atoms with Crippen molar-refractivity contribution < 1.29 is 9.53 Å². The van der Waals surface area contributed by atoms with Gasteiger partial charge in [-0.15, -0.1) is 0 Å². The zero-order valence-corrected chi connectivity index (χ0v) is 12.9. The normalized spacial score (nSPS) is 12.8. The molecule has 6 nitrogen and oxygen atoms in total. The number of carbonyl (C=O) groups is 1. The van der Waals surface area contributed by atoms with E-state index in [1.165, 1.54) is 0 Å². The molecule has 1 aromatic heterocycles. The van der Waals surface area contributed by atoms with Crippen molar-refractivity contribution in [2.45, 2.75) is 45.6 Å². The average molecular weight is 280 g/mol. The Hall–Kier alpha value is -1.69. The summed E-state index contributed by atoms with van der Waals surface area (Å²) in [6, 6.07) is -0.282. The number of aromatic nitrogens is 2. The molecule has 0 aliphatic carbocycles. The number of nitrogens with one attached hydrogen (secondary N) is 2. The molecule has 0 aromatic carbocycles. The Kier molecular flexibility index (Phi) is 5.88. The summed E-state index contributed by atoms with van der Waals surface area (Å²) in [6.07, 6.45) is 4.04. The van der Waals surface area contributed by atoms with Gasteiger partial charge in [0.2, 0.25) is 0 Å². The molecule has 1 atom stereocenters. The van der Waals surface area contributed by atoms with Gasteiger partial charge in [0.15, 0.2) is 0 Å². The van der Waals surface area contributed by atoms with E-state index in [-0.39, 0.29) is 17.5 Å². The molecule has 112 valence electrons. The summed E-state index contributed by atoms with van der Waals surface area (Å²) in [7, 11) is 1.61. The van der Waals surface area contributed by atoms with Crippen LogP contribution in [0.25, 0.3) is 0 Å². The number of anilines is 1. The van der Waals surface area contributed by atoms with E-state index in [9.17, 15) is 4.79 Å². The summed E-state index contributed by atoms with van der Waals surface area (Å²) < 4.78 is 5.03. The minimum Gasteiger partial charge on any atom is -0.383 e. The minimum atomic E-state index is -0.277. The summed E-state index contributed by atoms with van der Waals surface area (Å²) in [4.78, 5) is 20.3. The summed E-state index contributed by atoms with van der Waals surface area (Å²) in [6.45, 7) is 8.60. The highest BCUT2D eigenvalue weighted by Gasteiger charge is 2.17. The van der Waals surface area contributed by atoms with Gasteiger partial charge in [-0.25, -0.2) is 14.8 Å². The van der Waals surface area contributed by atoms with Crippen molar-refractivity contribution in [2.75, 3.05) is 19.0 Å². The van der Waals surface area contributed by atoms with Crippen LogP contribution in [-0.4, -0.2) is 35.8 Å². The third kappa shape index (κ3) is 5.13. The maximum absolute atomic E-state index is 11.8. The van der Waals surface area contributed by atoms with Gasteiger partial charge in [0.1, 0.15) is 5.82 Å². The Labute approximate surface area is 120 Å². The largest absolute Gasteiger partial charge is 0.383 e. The standard InChI is InChI=1S/C14H24N4O2/c1-6-10(9-20-5)17-13(19)18-11-7-15-12(16-8-11)14(2,3)4/h7-8,10H,6,9H2,1-5H3,(H2,17,18,19)/t10-/m1/s1. The molecule has 1 rings (SSSR count). The van der Waals surface area contributed by atoms with Gasteiger partial charge in [-0.1, -0.05) is 27.7 Å². The van der Waals surface area contributed by atoms with Gasteiger partial charge in [-0.05, 0) is 6.42 Å². The smallest absolute Gasteiger partial charge is 0.319 e. The van der Waals surface area contributed by atoms with Crippen molar-refractivity contribution in [1.82, 2.24) is 15.3 Å². The number of hydrogen-bond donors (Lipinski definition) is 2. The van der Waals surface area contributed by atoms with Crippen LogP contribution in [-0.2, 0) is 10.2 Å². The quantitative estimate of drug-likeness (QED) is 0.868. The first-order valence-electron chi connectivity index (χ1n) is 6.75. The van der Waals surface area contributed by atoms with Gasteiger partial charge >= 0.3 is 6.03 Å². The fraction of sp³-hybridized carbons (Fsp3) is 0.643. The summed E-state index contributed by atoms with van der Waals surface area (Å²) in [5.41, 5.74) is 0.467. The van der Waals surface area contributed by atoms with Crippen molar-refractivity contribution in [3.05, 3.63) is 18.2 Å². The molecule has 6 heteroatoms. The molecule has 0 unspecified atom stereocenters. The first-order valence-corrected chi connectivity index (χ1v) is 6.75. The second-order valence-electron chi connectivity index (χ2n) is 5.70. The van der Waals surface area contributed by atoms with E-state index >= 15 is 0 Å². The number of hydrogen-bond acceptors (Lipinski definition) is 4. The van der Waals surface area contributed by atoms with E-state index in [1.807, 2.05) is 27.7 Å². The van der Waals surface area contributed by atoms with E-state index in [0.29, 0.717) is 12.3 Å².